The van der Waals surface area contributed by atoms with E-state index in [4.69, 9.17) is 11.6 Å². The van der Waals surface area contributed by atoms with Crippen LogP contribution in [0.1, 0.15) is 26.6 Å². The van der Waals surface area contributed by atoms with Crippen molar-refractivity contribution in [1.29, 1.82) is 0 Å². The van der Waals surface area contributed by atoms with E-state index in [1.165, 1.54) is 29.9 Å². The van der Waals surface area contributed by atoms with Crippen molar-refractivity contribution in [3.63, 3.8) is 0 Å². The number of thiazole rings is 1. The lowest BCUT2D eigenvalue weighted by Gasteiger charge is -2.00. The first-order valence-electron chi connectivity index (χ1n) is 6.90. The first kappa shape index (κ1) is 15.6. The van der Waals surface area contributed by atoms with Gasteiger partial charge in [0.15, 0.2) is 5.13 Å². The van der Waals surface area contributed by atoms with Crippen LogP contribution in [0, 0.1) is 6.92 Å². The van der Waals surface area contributed by atoms with Gasteiger partial charge in [-0.05, 0) is 24.6 Å². The van der Waals surface area contributed by atoms with Crippen LogP contribution in [0.5, 0.6) is 0 Å². The molecule has 0 aliphatic carbocycles. The highest BCUT2D eigenvalue weighted by molar-refractivity contribution is 7.15. The Morgan fingerprint density at radius 1 is 1.26 bits per heavy atom. The SMILES string of the molecule is Cc1nc(NC(=O)c2cnccn2)sc1Cc1ccc(Cl)cc1. The van der Waals surface area contributed by atoms with E-state index in [0.29, 0.717) is 10.2 Å². The Morgan fingerprint density at radius 3 is 2.74 bits per heavy atom. The molecule has 23 heavy (non-hydrogen) atoms. The lowest BCUT2D eigenvalue weighted by Crippen LogP contribution is -2.13. The molecule has 0 aliphatic rings. The highest BCUT2D eigenvalue weighted by Crippen LogP contribution is 2.26. The second kappa shape index (κ2) is 6.85. The molecule has 2 aromatic heterocycles. The normalized spacial score (nSPS) is 10.5. The fourth-order valence-electron chi connectivity index (χ4n) is 2.01. The zero-order valence-electron chi connectivity index (χ0n) is 12.3. The molecular weight excluding hydrogens is 332 g/mol. The number of halogens is 1. The summed E-state index contributed by atoms with van der Waals surface area (Å²) in [5.74, 6) is -0.315. The summed E-state index contributed by atoms with van der Waals surface area (Å²) in [7, 11) is 0. The first-order chi connectivity index (χ1) is 11.1. The van der Waals surface area contributed by atoms with Crippen molar-refractivity contribution in [2.75, 3.05) is 5.32 Å². The number of aromatic nitrogens is 3. The summed E-state index contributed by atoms with van der Waals surface area (Å²) in [6.07, 6.45) is 5.18. The van der Waals surface area contributed by atoms with Crippen LogP contribution >= 0.6 is 22.9 Å². The number of rotatable bonds is 4. The molecule has 0 aliphatic heterocycles. The van der Waals surface area contributed by atoms with Crippen molar-refractivity contribution in [3.05, 3.63) is 69.7 Å². The van der Waals surface area contributed by atoms with Crippen LogP contribution in [0.25, 0.3) is 0 Å². The van der Waals surface area contributed by atoms with Crippen molar-refractivity contribution in [1.82, 2.24) is 15.0 Å². The van der Waals surface area contributed by atoms with E-state index in [-0.39, 0.29) is 11.6 Å². The van der Waals surface area contributed by atoms with Gasteiger partial charge in [0.25, 0.3) is 5.91 Å². The maximum atomic E-state index is 12.1. The minimum Gasteiger partial charge on any atom is -0.296 e. The predicted molar refractivity (Wildman–Crippen MR) is 91.1 cm³/mol. The Morgan fingerprint density at radius 2 is 2.04 bits per heavy atom. The van der Waals surface area contributed by atoms with Gasteiger partial charge in [0, 0.05) is 28.7 Å². The number of aryl methyl sites for hydroxylation is 1. The van der Waals surface area contributed by atoms with E-state index in [1.54, 1.807) is 0 Å². The monoisotopic (exact) mass is 344 g/mol. The van der Waals surface area contributed by atoms with Gasteiger partial charge in [-0.25, -0.2) is 9.97 Å². The summed E-state index contributed by atoms with van der Waals surface area (Å²) < 4.78 is 0. The van der Waals surface area contributed by atoms with Gasteiger partial charge in [-0.1, -0.05) is 23.7 Å². The molecule has 116 valence electrons. The fraction of sp³-hybridized carbons (Fsp3) is 0.125. The van der Waals surface area contributed by atoms with Gasteiger partial charge in [-0.2, -0.15) is 0 Å². The van der Waals surface area contributed by atoms with Gasteiger partial charge in [0.1, 0.15) is 5.69 Å². The number of hydrogen-bond donors (Lipinski definition) is 1. The fourth-order valence-corrected chi connectivity index (χ4v) is 3.13. The van der Waals surface area contributed by atoms with Crippen molar-refractivity contribution in [3.8, 4) is 0 Å². The maximum Gasteiger partial charge on any atom is 0.277 e. The third kappa shape index (κ3) is 3.91. The minimum absolute atomic E-state index is 0.264. The summed E-state index contributed by atoms with van der Waals surface area (Å²) in [4.78, 5) is 25.4. The van der Waals surface area contributed by atoms with Crippen LogP contribution in [0.2, 0.25) is 5.02 Å². The zero-order chi connectivity index (χ0) is 16.2. The molecule has 0 saturated carbocycles. The van der Waals surface area contributed by atoms with Crippen LogP contribution in [-0.2, 0) is 6.42 Å². The van der Waals surface area contributed by atoms with Crippen molar-refractivity contribution < 1.29 is 4.79 Å². The third-order valence-electron chi connectivity index (χ3n) is 3.19. The molecule has 3 rings (SSSR count). The molecule has 7 heteroatoms. The molecule has 0 radical (unpaired) electrons. The minimum atomic E-state index is -0.315. The van der Waals surface area contributed by atoms with Crippen LogP contribution in [-0.4, -0.2) is 20.9 Å². The van der Waals surface area contributed by atoms with E-state index in [2.05, 4.69) is 20.3 Å². The predicted octanol–water partition coefficient (Wildman–Crippen LogP) is 3.74. The van der Waals surface area contributed by atoms with E-state index in [1.807, 2.05) is 31.2 Å². The van der Waals surface area contributed by atoms with Gasteiger partial charge in [0.05, 0.1) is 11.9 Å². The quantitative estimate of drug-likeness (QED) is 0.782. The van der Waals surface area contributed by atoms with Crippen LogP contribution in [0.4, 0.5) is 5.13 Å². The van der Waals surface area contributed by atoms with Gasteiger partial charge in [-0.15, -0.1) is 11.3 Å². The van der Waals surface area contributed by atoms with Gasteiger partial charge in [-0.3, -0.25) is 15.1 Å². The van der Waals surface area contributed by atoms with Gasteiger partial charge in [0.2, 0.25) is 0 Å². The van der Waals surface area contributed by atoms with E-state index in [9.17, 15) is 4.79 Å². The molecule has 0 spiro atoms. The van der Waals surface area contributed by atoms with Crippen molar-refractivity contribution in [2.45, 2.75) is 13.3 Å². The molecule has 1 aromatic carbocycles. The standard InChI is InChI=1S/C16H13ClN4OS/c1-10-14(8-11-2-4-12(17)5-3-11)23-16(20-10)21-15(22)13-9-18-6-7-19-13/h2-7,9H,8H2,1H3,(H,20,21,22). The highest BCUT2D eigenvalue weighted by Gasteiger charge is 2.13. The Kier molecular flexibility index (Phi) is 4.64. The molecule has 0 unspecified atom stereocenters. The topological polar surface area (TPSA) is 67.8 Å². The zero-order valence-corrected chi connectivity index (χ0v) is 13.9. The number of hydrogen-bond acceptors (Lipinski definition) is 5. The Hall–Kier alpha value is -2.31. The molecular formula is C16H13ClN4OS. The summed E-state index contributed by atoms with van der Waals surface area (Å²) >= 11 is 7.35. The molecule has 0 fully saturated rings. The Bertz CT molecular complexity index is 818. The number of nitrogens with zero attached hydrogens (tertiary/aromatic N) is 3. The highest BCUT2D eigenvalue weighted by atomic mass is 35.5. The number of carbonyl (C=O) groups excluding carboxylic acids is 1. The van der Waals surface area contributed by atoms with Gasteiger partial charge >= 0.3 is 0 Å². The number of amides is 1. The summed E-state index contributed by atoms with van der Waals surface area (Å²) in [6.45, 7) is 1.93. The summed E-state index contributed by atoms with van der Waals surface area (Å²) in [6, 6.07) is 7.70. The van der Waals surface area contributed by atoms with Crippen LogP contribution in [0.3, 0.4) is 0 Å². The van der Waals surface area contributed by atoms with Crippen molar-refractivity contribution >= 4 is 34.0 Å². The van der Waals surface area contributed by atoms with E-state index >= 15 is 0 Å². The van der Waals surface area contributed by atoms with Gasteiger partial charge < -0.3 is 0 Å². The van der Waals surface area contributed by atoms with Crippen LogP contribution in [0.15, 0.2) is 42.9 Å². The molecule has 2 heterocycles. The first-order valence-corrected chi connectivity index (χ1v) is 8.09. The number of anilines is 1. The molecule has 0 atom stereocenters. The third-order valence-corrected chi connectivity index (χ3v) is 4.51. The molecule has 3 aromatic rings. The molecule has 5 nitrogen and oxygen atoms in total. The molecule has 0 bridgehead atoms. The lowest BCUT2D eigenvalue weighted by molar-refractivity contribution is 0.102. The second-order valence-corrected chi connectivity index (χ2v) is 6.40. The Labute approximate surface area is 142 Å². The van der Waals surface area contributed by atoms with E-state index in [0.717, 1.165) is 22.6 Å². The van der Waals surface area contributed by atoms with Crippen molar-refractivity contribution in [2.24, 2.45) is 0 Å². The largest absolute Gasteiger partial charge is 0.296 e. The molecule has 0 saturated heterocycles. The maximum absolute atomic E-state index is 12.1. The smallest absolute Gasteiger partial charge is 0.277 e. The lowest BCUT2D eigenvalue weighted by atomic mass is 10.1. The van der Waals surface area contributed by atoms with E-state index < -0.39 is 0 Å². The average molecular weight is 345 g/mol. The molecule has 1 N–H and O–H groups in total. The number of carbonyl (C=O) groups is 1. The summed E-state index contributed by atoms with van der Waals surface area (Å²) in [5, 5.41) is 4.03. The number of nitrogens with one attached hydrogen (secondary N) is 1. The number of benzene rings is 1. The summed E-state index contributed by atoms with van der Waals surface area (Å²) in [5.41, 5.74) is 2.31. The Balaban J connectivity index is 1.73. The molecule has 1 amide bonds. The average Bonchev–Trinajstić information content (AvgIpc) is 2.90. The second-order valence-electron chi connectivity index (χ2n) is 4.88. The van der Waals surface area contributed by atoms with Crippen LogP contribution < -0.4 is 5.32 Å².